The molecule has 0 aromatic heterocycles. The third kappa shape index (κ3) is 4.87. The van der Waals surface area contributed by atoms with E-state index in [0.29, 0.717) is 17.1 Å². The van der Waals surface area contributed by atoms with Crippen LogP contribution in [0.15, 0.2) is 78.9 Å². The van der Waals surface area contributed by atoms with Crippen molar-refractivity contribution in [2.24, 2.45) is 0 Å². The summed E-state index contributed by atoms with van der Waals surface area (Å²) < 4.78 is 10.8. The number of hydrogen-bond donors (Lipinski definition) is 0. The summed E-state index contributed by atoms with van der Waals surface area (Å²) in [6.07, 6.45) is 1.95. The molecule has 0 atom stereocenters. The average Bonchev–Trinajstić information content (AvgIpc) is 2.74. The number of hydrogen-bond acceptors (Lipinski definition) is 4. The minimum Gasteiger partial charge on any atom is -0.493 e. The molecule has 0 amide bonds. The van der Waals surface area contributed by atoms with E-state index in [1.54, 1.807) is 24.3 Å². The lowest BCUT2D eigenvalue weighted by atomic mass is 10.0. The van der Waals surface area contributed by atoms with E-state index >= 15 is 0 Å². The maximum Gasteiger partial charge on any atom is 0.315 e. The van der Waals surface area contributed by atoms with E-state index in [-0.39, 0.29) is 12.4 Å². The highest BCUT2D eigenvalue weighted by atomic mass is 16.6. The molecule has 0 spiro atoms. The fraction of sp³-hybridized carbons (Fsp3) is 0.0833. The van der Waals surface area contributed by atoms with Crippen LogP contribution in [0.4, 0.5) is 0 Å². The molecule has 0 N–H and O–H groups in total. The number of nitrogens with zero attached hydrogens (tertiary/aromatic N) is 1. The van der Waals surface area contributed by atoms with Crippen molar-refractivity contribution in [2.45, 2.75) is 6.42 Å². The van der Waals surface area contributed by atoms with E-state index in [2.05, 4.69) is 6.07 Å². The van der Waals surface area contributed by atoms with E-state index in [1.165, 1.54) is 7.11 Å². The minimum absolute atomic E-state index is 0.179. The number of carbonyl (C=O) groups is 1. The van der Waals surface area contributed by atoms with Crippen LogP contribution in [0.1, 0.15) is 16.7 Å². The van der Waals surface area contributed by atoms with Crippen LogP contribution in [0.5, 0.6) is 11.5 Å². The molecular formula is C24H19NO3. The van der Waals surface area contributed by atoms with Gasteiger partial charge in [0.25, 0.3) is 0 Å². The van der Waals surface area contributed by atoms with E-state index in [4.69, 9.17) is 9.47 Å². The van der Waals surface area contributed by atoms with Crippen LogP contribution in [0, 0.1) is 11.3 Å². The number of allylic oxidation sites excluding steroid dienone is 1. The van der Waals surface area contributed by atoms with Gasteiger partial charge in [-0.1, -0.05) is 66.7 Å². The average molecular weight is 369 g/mol. The normalized spacial score (nSPS) is 10.8. The van der Waals surface area contributed by atoms with Crippen LogP contribution in [0.2, 0.25) is 0 Å². The molecule has 0 heterocycles. The highest BCUT2D eigenvalue weighted by molar-refractivity contribution is 5.90. The topological polar surface area (TPSA) is 59.3 Å². The lowest BCUT2D eigenvalue weighted by Gasteiger charge is -2.10. The molecule has 0 fully saturated rings. The first-order valence-electron chi connectivity index (χ1n) is 8.79. The maximum absolute atomic E-state index is 12.2. The third-order valence-corrected chi connectivity index (χ3v) is 4.12. The zero-order valence-corrected chi connectivity index (χ0v) is 15.5. The van der Waals surface area contributed by atoms with Crippen LogP contribution >= 0.6 is 0 Å². The number of nitriles is 1. The summed E-state index contributed by atoms with van der Waals surface area (Å²) in [5.74, 6) is 0.411. The molecule has 3 aromatic rings. The van der Waals surface area contributed by atoms with Crippen LogP contribution in [-0.2, 0) is 11.2 Å². The molecular weight excluding hydrogens is 350 g/mol. The predicted molar refractivity (Wildman–Crippen MR) is 109 cm³/mol. The first-order chi connectivity index (χ1) is 13.7. The molecule has 4 heteroatoms. The highest BCUT2D eigenvalue weighted by Crippen LogP contribution is 2.30. The Morgan fingerprint density at radius 3 is 2.29 bits per heavy atom. The first-order valence-corrected chi connectivity index (χ1v) is 8.79. The van der Waals surface area contributed by atoms with Gasteiger partial charge >= 0.3 is 5.97 Å². The zero-order valence-electron chi connectivity index (χ0n) is 15.5. The van der Waals surface area contributed by atoms with Gasteiger partial charge in [-0.05, 0) is 34.9 Å². The van der Waals surface area contributed by atoms with Crippen molar-refractivity contribution in [2.75, 3.05) is 7.11 Å². The van der Waals surface area contributed by atoms with Gasteiger partial charge in [0.1, 0.15) is 0 Å². The Kier molecular flexibility index (Phi) is 6.22. The van der Waals surface area contributed by atoms with Gasteiger partial charge in [0.2, 0.25) is 0 Å². The standard InChI is InChI=1S/C24H19NO3/c1-27-23-15-19(14-21(17-25)20-10-6-3-7-11-20)12-13-22(23)28-24(26)16-18-8-4-2-5-9-18/h2-15H,16H2,1H3/b21-14+. The number of methoxy groups -OCH3 is 1. The monoisotopic (exact) mass is 369 g/mol. The van der Waals surface area contributed by atoms with Crippen molar-refractivity contribution in [3.05, 3.63) is 95.6 Å². The van der Waals surface area contributed by atoms with Gasteiger partial charge in [0.05, 0.1) is 25.2 Å². The number of esters is 1. The fourth-order valence-electron chi connectivity index (χ4n) is 2.74. The molecule has 0 aliphatic carbocycles. The zero-order chi connectivity index (χ0) is 19.8. The van der Waals surface area contributed by atoms with E-state index in [9.17, 15) is 10.1 Å². The molecule has 138 valence electrons. The fourth-order valence-corrected chi connectivity index (χ4v) is 2.74. The molecule has 0 bridgehead atoms. The van der Waals surface area contributed by atoms with Gasteiger partial charge in [-0.2, -0.15) is 5.26 Å². The van der Waals surface area contributed by atoms with Crippen molar-refractivity contribution in [1.29, 1.82) is 5.26 Å². The second kappa shape index (κ2) is 9.20. The van der Waals surface area contributed by atoms with Crippen LogP contribution in [0.25, 0.3) is 11.6 Å². The molecule has 28 heavy (non-hydrogen) atoms. The molecule has 0 saturated heterocycles. The molecule has 3 rings (SSSR count). The Balaban J connectivity index is 1.79. The summed E-state index contributed by atoms with van der Waals surface area (Å²) in [7, 11) is 1.51. The Bertz CT molecular complexity index is 1020. The van der Waals surface area contributed by atoms with Gasteiger partial charge in [-0.25, -0.2) is 0 Å². The minimum atomic E-state index is -0.366. The first kappa shape index (κ1) is 18.9. The summed E-state index contributed by atoms with van der Waals surface area (Å²) >= 11 is 0. The summed E-state index contributed by atoms with van der Waals surface area (Å²) in [5.41, 5.74) is 3.03. The van der Waals surface area contributed by atoms with E-state index in [1.807, 2.05) is 60.7 Å². The van der Waals surface area contributed by atoms with Gasteiger partial charge in [0.15, 0.2) is 11.5 Å². The maximum atomic E-state index is 12.2. The van der Waals surface area contributed by atoms with Crippen LogP contribution < -0.4 is 9.47 Å². The lowest BCUT2D eigenvalue weighted by Crippen LogP contribution is -2.11. The molecule has 0 saturated carbocycles. The second-order valence-corrected chi connectivity index (χ2v) is 6.08. The van der Waals surface area contributed by atoms with E-state index in [0.717, 1.165) is 16.7 Å². The Morgan fingerprint density at radius 1 is 0.964 bits per heavy atom. The van der Waals surface area contributed by atoms with Crippen molar-refractivity contribution in [1.82, 2.24) is 0 Å². The van der Waals surface area contributed by atoms with Crippen LogP contribution in [-0.4, -0.2) is 13.1 Å². The number of carbonyl (C=O) groups excluding carboxylic acids is 1. The van der Waals surface area contributed by atoms with Gasteiger partial charge in [-0.15, -0.1) is 0 Å². The number of benzene rings is 3. The summed E-state index contributed by atoms with van der Waals surface area (Å²) in [6, 6.07) is 26.3. The highest BCUT2D eigenvalue weighted by Gasteiger charge is 2.12. The lowest BCUT2D eigenvalue weighted by molar-refractivity contribution is -0.133. The SMILES string of the molecule is COc1cc(/C=C(\C#N)c2ccccc2)ccc1OC(=O)Cc1ccccc1. The molecule has 0 unspecified atom stereocenters. The Morgan fingerprint density at radius 2 is 1.64 bits per heavy atom. The quantitative estimate of drug-likeness (QED) is 0.268. The van der Waals surface area contributed by atoms with Gasteiger partial charge < -0.3 is 9.47 Å². The molecule has 3 aromatic carbocycles. The van der Waals surface area contributed by atoms with Crippen molar-refractivity contribution >= 4 is 17.6 Å². The van der Waals surface area contributed by atoms with E-state index < -0.39 is 0 Å². The van der Waals surface area contributed by atoms with Crippen molar-refractivity contribution < 1.29 is 14.3 Å². The third-order valence-electron chi connectivity index (χ3n) is 4.12. The van der Waals surface area contributed by atoms with Crippen LogP contribution in [0.3, 0.4) is 0 Å². The van der Waals surface area contributed by atoms with Crippen molar-refractivity contribution in [3.8, 4) is 17.6 Å². The Labute approximate surface area is 164 Å². The second-order valence-electron chi connectivity index (χ2n) is 6.08. The summed E-state index contributed by atoms with van der Waals surface area (Å²) in [4.78, 5) is 12.2. The molecule has 0 aliphatic heterocycles. The van der Waals surface area contributed by atoms with Crippen molar-refractivity contribution in [3.63, 3.8) is 0 Å². The van der Waals surface area contributed by atoms with Gasteiger partial charge in [0, 0.05) is 0 Å². The number of rotatable bonds is 6. The largest absolute Gasteiger partial charge is 0.493 e. The predicted octanol–water partition coefficient (Wildman–Crippen LogP) is 4.91. The Hall–Kier alpha value is -3.84. The molecule has 4 nitrogen and oxygen atoms in total. The smallest absolute Gasteiger partial charge is 0.315 e. The number of ether oxygens (including phenoxy) is 2. The molecule has 0 radical (unpaired) electrons. The summed E-state index contributed by atoms with van der Waals surface area (Å²) in [6.45, 7) is 0. The van der Waals surface area contributed by atoms with Gasteiger partial charge in [-0.3, -0.25) is 4.79 Å². The summed E-state index contributed by atoms with van der Waals surface area (Å²) in [5, 5.41) is 9.46. The molecule has 0 aliphatic rings.